The molecule has 1 unspecified atom stereocenters. The zero-order valence-electron chi connectivity index (χ0n) is 16.6. The lowest BCUT2D eigenvalue weighted by Gasteiger charge is -2.36. The van der Waals surface area contributed by atoms with Crippen LogP contribution in [0.25, 0.3) is 6.08 Å². The average Bonchev–Trinajstić information content (AvgIpc) is 3.05. The van der Waals surface area contributed by atoms with Gasteiger partial charge in [0.1, 0.15) is 0 Å². The van der Waals surface area contributed by atoms with E-state index in [4.69, 9.17) is 0 Å². The Balaban J connectivity index is 1.41. The number of pyridine rings is 1. The van der Waals surface area contributed by atoms with Crippen molar-refractivity contribution in [1.82, 2.24) is 14.8 Å². The first-order valence-electron chi connectivity index (χ1n) is 10.1. The van der Waals surface area contributed by atoms with E-state index in [1.165, 1.54) is 4.90 Å². The number of aromatic nitrogens is 1. The Morgan fingerprint density at radius 1 is 1.13 bits per heavy atom. The lowest BCUT2D eigenvalue weighted by Crippen LogP contribution is -2.40. The number of thioether (sulfide) groups is 1. The molecule has 1 aromatic carbocycles. The number of carbonyl (C=O) groups is 3. The monoisotopic (exact) mass is 421 g/mol. The van der Waals surface area contributed by atoms with Crippen LogP contribution in [0.2, 0.25) is 0 Å². The predicted octanol–water partition coefficient (Wildman–Crippen LogP) is 4.26. The van der Waals surface area contributed by atoms with Gasteiger partial charge in [-0.15, -0.1) is 0 Å². The Bertz CT molecular complexity index is 962. The third-order valence-corrected chi connectivity index (χ3v) is 6.32. The summed E-state index contributed by atoms with van der Waals surface area (Å²) in [6.45, 7) is 0.792. The van der Waals surface area contributed by atoms with E-state index in [9.17, 15) is 14.4 Å². The van der Waals surface area contributed by atoms with E-state index in [1.54, 1.807) is 18.5 Å². The van der Waals surface area contributed by atoms with Crippen molar-refractivity contribution in [2.24, 2.45) is 0 Å². The topological polar surface area (TPSA) is 70.6 Å². The second-order valence-corrected chi connectivity index (χ2v) is 8.37. The van der Waals surface area contributed by atoms with Crippen LogP contribution < -0.4 is 0 Å². The zero-order valence-corrected chi connectivity index (χ0v) is 17.4. The number of rotatable bonds is 5. The first-order chi connectivity index (χ1) is 14.6. The Morgan fingerprint density at radius 3 is 2.73 bits per heavy atom. The molecule has 2 aromatic rings. The van der Waals surface area contributed by atoms with Crippen molar-refractivity contribution in [1.29, 1.82) is 0 Å². The van der Waals surface area contributed by atoms with Crippen LogP contribution in [0.4, 0.5) is 4.79 Å². The van der Waals surface area contributed by atoms with Gasteiger partial charge in [0.25, 0.3) is 11.1 Å². The van der Waals surface area contributed by atoms with Gasteiger partial charge in [0, 0.05) is 31.9 Å². The molecule has 0 bridgehead atoms. The molecule has 7 heteroatoms. The van der Waals surface area contributed by atoms with Crippen LogP contribution in [-0.2, 0) is 9.59 Å². The minimum atomic E-state index is -0.330. The molecule has 0 spiro atoms. The van der Waals surface area contributed by atoms with Crippen LogP contribution in [-0.4, -0.2) is 44.9 Å². The Morgan fingerprint density at radius 2 is 1.97 bits per heavy atom. The highest BCUT2D eigenvalue weighted by Crippen LogP contribution is 2.33. The van der Waals surface area contributed by atoms with Crippen LogP contribution in [0.15, 0.2) is 59.8 Å². The summed E-state index contributed by atoms with van der Waals surface area (Å²) in [5.74, 6) is -0.362. The number of imide groups is 1. The van der Waals surface area contributed by atoms with E-state index in [2.05, 4.69) is 4.98 Å². The molecule has 0 N–H and O–H groups in total. The lowest BCUT2D eigenvalue weighted by molar-refractivity contribution is -0.135. The van der Waals surface area contributed by atoms with Gasteiger partial charge in [-0.25, -0.2) is 0 Å². The fourth-order valence-electron chi connectivity index (χ4n) is 3.89. The van der Waals surface area contributed by atoms with Crippen molar-refractivity contribution >= 4 is 34.9 Å². The maximum absolute atomic E-state index is 13.0. The molecule has 3 heterocycles. The number of hydrogen-bond acceptors (Lipinski definition) is 5. The van der Waals surface area contributed by atoms with Gasteiger partial charge in [-0.05, 0) is 54.3 Å². The summed E-state index contributed by atoms with van der Waals surface area (Å²) in [4.78, 5) is 45.6. The smallest absolute Gasteiger partial charge is 0.293 e. The van der Waals surface area contributed by atoms with Gasteiger partial charge in [0.05, 0.1) is 10.9 Å². The molecular weight excluding hydrogens is 398 g/mol. The van der Waals surface area contributed by atoms with Gasteiger partial charge in [0.15, 0.2) is 0 Å². The number of hydrogen-bond donors (Lipinski definition) is 0. The van der Waals surface area contributed by atoms with Crippen molar-refractivity contribution < 1.29 is 14.4 Å². The Hall–Kier alpha value is -2.93. The van der Waals surface area contributed by atoms with E-state index >= 15 is 0 Å². The summed E-state index contributed by atoms with van der Waals surface area (Å²) in [5, 5.41) is -0.322. The van der Waals surface area contributed by atoms with Gasteiger partial charge in [0.2, 0.25) is 5.91 Å². The summed E-state index contributed by atoms with van der Waals surface area (Å²) in [6.07, 6.45) is 8.31. The predicted molar refractivity (Wildman–Crippen MR) is 116 cm³/mol. The van der Waals surface area contributed by atoms with Gasteiger partial charge < -0.3 is 4.90 Å². The summed E-state index contributed by atoms with van der Waals surface area (Å²) in [7, 11) is 0. The number of likely N-dealkylation sites (tertiary alicyclic amines) is 1. The van der Waals surface area contributed by atoms with Gasteiger partial charge in [-0.2, -0.15) is 0 Å². The van der Waals surface area contributed by atoms with Crippen molar-refractivity contribution in [3.8, 4) is 0 Å². The molecule has 2 aliphatic heterocycles. The Labute approximate surface area is 180 Å². The van der Waals surface area contributed by atoms with Crippen LogP contribution in [0, 0.1) is 0 Å². The second-order valence-electron chi connectivity index (χ2n) is 7.38. The standard InChI is InChI=1S/C23H23N3O3S/c27-21(25-13-5-4-10-19(25)18-9-6-12-24-16-18)11-14-26-22(28)20(30-23(26)29)15-17-7-2-1-3-8-17/h1-3,6-9,12,15-16,19H,4-5,10-11,13-14H2/b20-15+. The van der Waals surface area contributed by atoms with Gasteiger partial charge in [-0.3, -0.25) is 24.3 Å². The molecule has 1 atom stereocenters. The van der Waals surface area contributed by atoms with E-state index in [1.807, 2.05) is 47.4 Å². The quantitative estimate of drug-likeness (QED) is 0.675. The van der Waals surface area contributed by atoms with Crippen LogP contribution in [0.3, 0.4) is 0 Å². The van der Waals surface area contributed by atoms with Crippen molar-refractivity contribution in [3.63, 3.8) is 0 Å². The maximum atomic E-state index is 13.0. The molecule has 0 saturated carbocycles. The van der Waals surface area contributed by atoms with Gasteiger partial charge >= 0.3 is 0 Å². The summed E-state index contributed by atoms with van der Waals surface area (Å²) < 4.78 is 0. The molecule has 2 saturated heterocycles. The molecule has 1 aromatic heterocycles. The molecular formula is C23H23N3O3S. The lowest BCUT2D eigenvalue weighted by atomic mass is 9.96. The van der Waals surface area contributed by atoms with Crippen molar-refractivity contribution in [2.45, 2.75) is 31.7 Å². The third-order valence-electron chi connectivity index (χ3n) is 5.41. The van der Waals surface area contributed by atoms with Gasteiger partial charge in [-0.1, -0.05) is 36.4 Å². The largest absolute Gasteiger partial charge is 0.336 e. The number of piperidine rings is 1. The molecule has 2 fully saturated rings. The number of carbonyl (C=O) groups excluding carboxylic acids is 3. The van der Waals surface area contributed by atoms with E-state index in [0.717, 1.165) is 42.2 Å². The molecule has 3 amide bonds. The van der Waals surface area contributed by atoms with Crippen molar-refractivity contribution in [3.05, 3.63) is 70.9 Å². The highest BCUT2D eigenvalue weighted by atomic mass is 32.2. The number of amides is 3. The first-order valence-corrected chi connectivity index (χ1v) is 10.9. The molecule has 0 radical (unpaired) electrons. The highest BCUT2D eigenvalue weighted by molar-refractivity contribution is 8.18. The summed E-state index contributed by atoms with van der Waals surface area (Å²) >= 11 is 0.927. The molecule has 6 nitrogen and oxygen atoms in total. The molecule has 154 valence electrons. The third kappa shape index (κ3) is 4.46. The SMILES string of the molecule is O=C1S/C(=C/c2ccccc2)C(=O)N1CCC(=O)N1CCCCC1c1cccnc1. The number of nitrogens with zero attached hydrogens (tertiary/aromatic N) is 3. The second kappa shape index (κ2) is 9.26. The minimum Gasteiger partial charge on any atom is -0.336 e. The zero-order chi connectivity index (χ0) is 20.9. The van der Waals surface area contributed by atoms with E-state index in [0.29, 0.717) is 11.4 Å². The normalized spacial score (nSPS) is 20.8. The van der Waals surface area contributed by atoms with Crippen molar-refractivity contribution in [2.75, 3.05) is 13.1 Å². The molecule has 30 heavy (non-hydrogen) atoms. The van der Waals surface area contributed by atoms with Crippen LogP contribution in [0.5, 0.6) is 0 Å². The molecule has 4 rings (SSSR count). The maximum Gasteiger partial charge on any atom is 0.293 e. The minimum absolute atomic E-state index is 0.00726. The summed E-state index contributed by atoms with van der Waals surface area (Å²) in [6, 6.07) is 13.3. The van der Waals surface area contributed by atoms with Crippen LogP contribution >= 0.6 is 11.8 Å². The fraction of sp³-hybridized carbons (Fsp3) is 0.304. The molecule has 0 aliphatic carbocycles. The van der Waals surface area contributed by atoms with Crippen LogP contribution in [0.1, 0.15) is 42.9 Å². The Kier molecular flexibility index (Phi) is 6.28. The highest BCUT2D eigenvalue weighted by Gasteiger charge is 2.36. The van der Waals surface area contributed by atoms with E-state index < -0.39 is 0 Å². The molecule has 2 aliphatic rings. The fourth-order valence-corrected chi connectivity index (χ4v) is 4.76. The number of benzene rings is 1. The summed E-state index contributed by atoms with van der Waals surface area (Å²) in [5.41, 5.74) is 1.90. The van der Waals surface area contributed by atoms with E-state index in [-0.39, 0.29) is 36.1 Å². The first kappa shape index (κ1) is 20.3. The average molecular weight is 422 g/mol.